The molecule has 9 nitrogen and oxygen atoms in total. The molecular formula is C18H17BN2O7S2. The van der Waals surface area contributed by atoms with E-state index in [0.29, 0.717) is 12.8 Å². The number of rotatable bonds is 6. The van der Waals surface area contributed by atoms with Gasteiger partial charge in [-0.1, -0.05) is 6.07 Å². The number of thiophene rings is 1. The van der Waals surface area contributed by atoms with Gasteiger partial charge in [-0.2, -0.15) is 0 Å². The quantitative estimate of drug-likeness (QED) is 0.360. The fraction of sp³-hybridized carbons (Fsp3) is 0.444. The average Bonchev–Trinajstić information content (AvgIpc) is 3.34. The summed E-state index contributed by atoms with van der Waals surface area (Å²) in [6, 6.07) is 2.60. The molecule has 30 heavy (non-hydrogen) atoms. The smallest absolute Gasteiger partial charge is 0.378 e. The molecule has 2 aliphatic heterocycles. The molecule has 3 aliphatic rings. The van der Waals surface area contributed by atoms with Crippen molar-refractivity contribution in [1.29, 1.82) is 0 Å². The van der Waals surface area contributed by atoms with Gasteiger partial charge < -0.3 is 14.7 Å². The second kappa shape index (κ2) is 7.66. The third-order valence-electron chi connectivity index (χ3n) is 5.38. The van der Waals surface area contributed by atoms with E-state index in [-0.39, 0.29) is 30.2 Å². The molecule has 2 fully saturated rings. The number of β-lactam (4-membered cyclic amide) rings is 1. The number of esters is 1. The topological polar surface area (TPSA) is 119 Å². The van der Waals surface area contributed by atoms with E-state index in [9.17, 15) is 23.4 Å². The summed E-state index contributed by atoms with van der Waals surface area (Å²) in [6.07, 6.45) is 1.08. The van der Waals surface area contributed by atoms with Crippen molar-refractivity contribution >= 4 is 53.9 Å². The van der Waals surface area contributed by atoms with Crippen molar-refractivity contribution in [3.8, 4) is 0 Å². The Morgan fingerprint density at radius 2 is 2.13 bits per heavy atom. The molecule has 12 heteroatoms. The van der Waals surface area contributed by atoms with E-state index in [1.54, 1.807) is 6.07 Å². The molecule has 3 atom stereocenters. The summed E-state index contributed by atoms with van der Waals surface area (Å²) < 4.78 is 21.8. The predicted molar refractivity (Wildman–Crippen MR) is 106 cm³/mol. The molecule has 1 aliphatic carbocycles. The zero-order valence-corrected chi connectivity index (χ0v) is 17.5. The van der Waals surface area contributed by atoms with E-state index in [1.165, 1.54) is 18.3 Å². The van der Waals surface area contributed by atoms with Gasteiger partial charge in [-0.15, -0.1) is 11.3 Å². The molecule has 1 aromatic rings. The molecule has 1 saturated carbocycles. The molecule has 4 rings (SSSR count). The summed E-state index contributed by atoms with van der Waals surface area (Å²) in [6.45, 7) is 0.912. The normalized spacial score (nSPS) is 26.0. The number of hydrogen-bond donors (Lipinski definition) is 1. The van der Waals surface area contributed by atoms with Crippen LogP contribution in [0.3, 0.4) is 0 Å². The molecule has 1 unspecified atom stereocenters. The van der Waals surface area contributed by atoms with Crippen LogP contribution in [-0.4, -0.2) is 63.7 Å². The van der Waals surface area contributed by atoms with Gasteiger partial charge in [0.05, 0.1) is 22.0 Å². The molecule has 3 heterocycles. The van der Waals surface area contributed by atoms with E-state index in [4.69, 9.17) is 12.8 Å². The van der Waals surface area contributed by atoms with Gasteiger partial charge in [0.1, 0.15) is 23.7 Å². The monoisotopic (exact) mass is 448 g/mol. The number of amides is 2. The molecule has 1 spiro atoms. The van der Waals surface area contributed by atoms with Gasteiger partial charge in [-0.05, 0) is 24.3 Å². The zero-order valence-electron chi connectivity index (χ0n) is 15.9. The van der Waals surface area contributed by atoms with Gasteiger partial charge >= 0.3 is 20.0 Å². The standard InChI is InChI=1S/C18H17BN2O7S2/c1-9(22)27-8-11-14(17(25)28-19)21-15(24)13(16(21)30(26)18(11)4-5-18)20-12(23)7-10-3-2-6-29-10/h2-3,6,13,16H,4-5,7-8H2,1H3,(H,20,23)/t13-,16-,30?/m1/s1. The number of fused-ring (bicyclic) bond motifs is 1. The Balaban J connectivity index is 1.62. The maximum absolute atomic E-state index is 13.3. The zero-order chi connectivity index (χ0) is 21.6. The van der Waals surface area contributed by atoms with Crippen LogP contribution < -0.4 is 5.32 Å². The van der Waals surface area contributed by atoms with Crippen molar-refractivity contribution in [2.75, 3.05) is 6.61 Å². The molecule has 2 radical (unpaired) electrons. The molecule has 2 amide bonds. The Bertz CT molecular complexity index is 987. The van der Waals surface area contributed by atoms with Crippen molar-refractivity contribution in [3.05, 3.63) is 33.7 Å². The number of carbonyl (C=O) groups excluding carboxylic acids is 4. The average molecular weight is 448 g/mol. The highest BCUT2D eigenvalue weighted by molar-refractivity contribution is 7.88. The van der Waals surface area contributed by atoms with E-state index < -0.39 is 44.8 Å². The highest BCUT2D eigenvalue weighted by Gasteiger charge is 2.68. The number of carbonyl (C=O) groups is 4. The second-order valence-electron chi connectivity index (χ2n) is 7.20. The second-order valence-corrected chi connectivity index (χ2v) is 10.1. The summed E-state index contributed by atoms with van der Waals surface area (Å²) in [4.78, 5) is 50.7. The van der Waals surface area contributed by atoms with Crippen LogP contribution in [-0.2, 0) is 45.8 Å². The van der Waals surface area contributed by atoms with Crippen LogP contribution in [0, 0.1) is 0 Å². The minimum atomic E-state index is -1.62. The molecule has 1 saturated heterocycles. The van der Waals surface area contributed by atoms with Crippen LogP contribution in [0.2, 0.25) is 0 Å². The van der Waals surface area contributed by atoms with E-state index in [0.717, 1.165) is 9.78 Å². The van der Waals surface area contributed by atoms with E-state index in [1.807, 2.05) is 11.4 Å². The number of ether oxygens (including phenoxy) is 1. The number of nitrogens with one attached hydrogen (secondary N) is 1. The van der Waals surface area contributed by atoms with Gasteiger partial charge in [0.2, 0.25) is 5.91 Å². The summed E-state index contributed by atoms with van der Waals surface area (Å²) in [5.41, 5.74) is 0.106. The van der Waals surface area contributed by atoms with Gasteiger partial charge in [-0.3, -0.25) is 23.5 Å². The fourth-order valence-corrected chi connectivity index (χ4v) is 6.73. The predicted octanol–water partition coefficient (Wildman–Crippen LogP) is -0.317. The number of hydrogen-bond acceptors (Lipinski definition) is 8. The van der Waals surface area contributed by atoms with Gasteiger partial charge in [-0.25, -0.2) is 4.79 Å². The Hall–Kier alpha value is -2.47. The molecule has 1 N–H and O–H groups in total. The lowest BCUT2D eigenvalue weighted by molar-refractivity contribution is -0.150. The first kappa shape index (κ1) is 20.8. The van der Waals surface area contributed by atoms with E-state index in [2.05, 4.69) is 9.97 Å². The Labute approximate surface area is 179 Å². The largest absolute Gasteiger partial charge is 0.539 e. The highest BCUT2D eigenvalue weighted by Crippen LogP contribution is 2.56. The van der Waals surface area contributed by atoms with Crippen molar-refractivity contribution in [1.82, 2.24) is 10.2 Å². The lowest BCUT2D eigenvalue weighted by Gasteiger charge is -2.51. The highest BCUT2D eigenvalue weighted by atomic mass is 32.2. The molecule has 0 aromatic carbocycles. The van der Waals surface area contributed by atoms with Gasteiger partial charge in [0.25, 0.3) is 5.91 Å². The first-order valence-corrected chi connectivity index (χ1v) is 11.2. The van der Waals surface area contributed by atoms with Crippen molar-refractivity contribution in [2.24, 2.45) is 0 Å². The summed E-state index contributed by atoms with van der Waals surface area (Å²) >= 11 is 1.41. The van der Waals surface area contributed by atoms with E-state index >= 15 is 0 Å². The third-order valence-corrected chi connectivity index (χ3v) is 8.60. The molecular weight excluding hydrogens is 431 g/mol. The molecule has 156 valence electrons. The Kier molecular flexibility index (Phi) is 5.31. The van der Waals surface area contributed by atoms with Crippen LogP contribution >= 0.6 is 11.3 Å². The van der Waals surface area contributed by atoms with Gasteiger partial charge in [0, 0.05) is 17.4 Å². The molecule has 1 aromatic heterocycles. The third kappa shape index (κ3) is 3.27. The number of nitrogens with zero attached hydrogens (tertiary/aromatic N) is 1. The van der Waals surface area contributed by atoms with Crippen LogP contribution in [0.1, 0.15) is 24.6 Å². The van der Waals surface area contributed by atoms with Gasteiger partial charge in [0.15, 0.2) is 0 Å². The first-order chi connectivity index (χ1) is 14.3. The Morgan fingerprint density at radius 3 is 2.70 bits per heavy atom. The maximum Gasteiger partial charge on any atom is 0.378 e. The van der Waals surface area contributed by atoms with Crippen LogP contribution in [0.5, 0.6) is 0 Å². The first-order valence-electron chi connectivity index (χ1n) is 9.13. The minimum Gasteiger partial charge on any atom is -0.539 e. The van der Waals surface area contributed by atoms with Crippen molar-refractivity contribution < 1.29 is 32.8 Å². The Morgan fingerprint density at radius 1 is 1.40 bits per heavy atom. The summed E-state index contributed by atoms with van der Waals surface area (Å²) in [5.74, 6) is -2.54. The minimum absolute atomic E-state index is 0.0944. The van der Waals surface area contributed by atoms with Crippen LogP contribution in [0.15, 0.2) is 28.8 Å². The fourth-order valence-electron chi connectivity index (χ4n) is 3.83. The van der Waals surface area contributed by atoms with Crippen LogP contribution in [0.4, 0.5) is 0 Å². The SMILES string of the molecule is [B]OC(=O)C1=C(COC(C)=O)C2(CC2)S(=O)[C@@H]2[C@H](NC(=O)Cc3cccs3)C(=O)N12. The lowest BCUT2D eigenvalue weighted by atomic mass is 9.99. The lowest BCUT2D eigenvalue weighted by Crippen LogP contribution is -2.75. The molecule has 0 bridgehead atoms. The van der Waals surface area contributed by atoms with Crippen molar-refractivity contribution in [3.63, 3.8) is 0 Å². The summed E-state index contributed by atoms with van der Waals surface area (Å²) in [7, 11) is 3.44. The maximum atomic E-state index is 13.3. The summed E-state index contributed by atoms with van der Waals surface area (Å²) in [5, 5.41) is 3.56. The van der Waals surface area contributed by atoms with Crippen molar-refractivity contribution in [2.45, 2.75) is 42.3 Å². The van der Waals surface area contributed by atoms with Crippen LogP contribution in [0.25, 0.3) is 0 Å².